The molecule has 0 saturated heterocycles. The van der Waals surface area contributed by atoms with Crippen LogP contribution in [-0.4, -0.2) is 50.3 Å². The summed E-state index contributed by atoms with van der Waals surface area (Å²) in [6, 6.07) is 7.35. The molecule has 0 bridgehead atoms. The number of benzene rings is 1. The summed E-state index contributed by atoms with van der Waals surface area (Å²) in [5.74, 6) is -0.516. The maximum absolute atomic E-state index is 13.1. The van der Waals surface area contributed by atoms with E-state index < -0.39 is 17.3 Å². The van der Waals surface area contributed by atoms with Gasteiger partial charge in [0.2, 0.25) is 5.88 Å². The van der Waals surface area contributed by atoms with Crippen LogP contribution in [0, 0.1) is 5.92 Å². The molecule has 10 nitrogen and oxygen atoms in total. The molecule has 1 fully saturated rings. The molecule has 0 atom stereocenters. The topological polar surface area (TPSA) is 118 Å². The van der Waals surface area contributed by atoms with Crippen molar-refractivity contribution in [2.45, 2.75) is 39.3 Å². The quantitative estimate of drug-likeness (QED) is 0.526. The molecular weight excluding hydrogens is 450 g/mol. The molecule has 1 aromatic carbocycles. The molecule has 2 aliphatic rings. The zero-order valence-electron chi connectivity index (χ0n) is 19.6. The van der Waals surface area contributed by atoms with E-state index in [9.17, 15) is 19.5 Å². The fourth-order valence-electron chi connectivity index (χ4n) is 4.20. The Kier molecular flexibility index (Phi) is 5.80. The molecule has 3 aromatic rings. The van der Waals surface area contributed by atoms with E-state index in [0.29, 0.717) is 42.3 Å². The lowest BCUT2D eigenvalue weighted by molar-refractivity contribution is -0.114. The number of nitrogens with one attached hydrogen (secondary N) is 1. The Morgan fingerprint density at radius 3 is 2.80 bits per heavy atom. The number of nitrogens with zero attached hydrogens (tertiary/aromatic N) is 4. The number of amides is 2. The van der Waals surface area contributed by atoms with Crippen LogP contribution in [0.4, 0.5) is 5.69 Å². The first-order valence-electron chi connectivity index (χ1n) is 11.7. The van der Waals surface area contributed by atoms with Crippen molar-refractivity contribution in [3.05, 3.63) is 58.0 Å². The monoisotopic (exact) mass is 477 g/mol. The van der Waals surface area contributed by atoms with Crippen molar-refractivity contribution in [1.29, 1.82) is 0 Å². The Balaban J connectivity index is 1.54. The Morgan fingerprint density at radius 2 is 2.06 bits per heavy atom. The molecule has 5 rings (SSSR count). The number of carbonyl (C=O) groups is 2. The number of para-hydroxylation sites is 2. The second-order valence-electron chi connectivity index (χ2n) is 9.23. The van der Waals surface area contributed by atoms with Crippen molar-refractivity contribution in [3.8, 4) is 11.6 Å². The lowest BCUT2D eigenvalue weighted by atomic mass is 10.2. The van der Waals surface area contributed by atoms with Gasteiger partial charge in [0.15, 0.2) is 5.56 Å². The maximum atomic E-state index is 13.1. The zero-order valence-corrected chi connectivity index (χ0v) is 19.6. The van der Waals surface area contributed by atoms with Crippen LogP contribution < -0.4 is 20.5 Å². The van der Waals surface area contributed by atoms with E-state index in [1.807, 2.05) is 38.1 Å². The van der Waals surface area contributed by atoms with E-state index >= 15 is 0 Å². The van der Waals surface area contributed by atoms with Gasteiger partial charge in [-0.15, -0.1) is 0 Å². The molecule has 2 amide bonds. The summed E-state index contributed by atoms with van der Waals surface area (Å²) in [6.07, 6.45) is 6.14. The van der Waals surface area contributed by atoms with Gasteiger partial charge in [-0.05, 0) is 37.0 Å². The van der Waals surface area contributed by atoms with Crippen molar-refractivity contribution >= 4 is 29.2 Å². The van der Waals surface area contributed by atoms with Crippen LogP contribution in [0.25, 0.3) is 11.7 Å². The molecule has 1 aliphatic heterocycles. The van der Waals surface area contributed by atoms with Crippen molar-refractivity contribution < 1.29 is 19.4 Å². The van der Waals surface area contributed by atoms with Gasteiger partial charge in [0.05, 0.1) is 18.4 Å². The highest BCUT2D eigenvalue weighted by Gasteiger charge is 2.30. The molecule has 0 unspecified atom stereocenters. The van der Waals surface area contributed by atoms with E-state index in [4.69, 9.17) is 4.74 Å². The van der Waals surface area contributed by atoms with Crippen LogP contribution in [0.1, 0.15) is 42.6 Å². The molecule has 0 radical (unpaired) electrons. The van der Waals surface area contributed by atoms with Crippen LogP contribution in [0.3, 0.4) is 0 Å². The standard InChI is InChI=1S/C25H27N5O5/c1-15(2)14-29-23-16(7-10-20(31)28-11-12-35-19-6-4-3-5-18(19)28)13-26-30(23)25(34)21(24(29)33)22(32)27-17-8-9-17/h3-7,10,13,15,17,33H,8-9,11-12,14H2,1-2H3,(H,27,32)/b10-7+. The molecular formula is C25H27N5O5. The lowest BCUT2D eigenvalue weighted by Gasteiger charge is -2.28. The summed E-state index contributed by atoms with van der Waals surface area (Å²) in [4.78, 5) is 40.5. The highest BCUT2D eigenvalue weighted by atomic mass is 16.5. The SMILES string of the molecule is CC(C)Cn1c(O)c(C(=O)NC2CC2)c(=O)n2ncc(/C=C/C(=O)N3CCOc4ccccc43)c12. The molecule has 182 valence electrons. The normalized spacial score (nSPS) is 15.5. The van der Waals surface area contributed by atoms with E-state index in [1.54, 1.807) is 11.0 Å². The first-order chi connectivity index (χ1) is 16.8. The number of ether oxygens (including phenoxy) is 1. The van der Waals surface area contributed by atoms with Gasteiger partial charge in [-0.3, -0.25) is 19.0 Å². The van der Waals surface area contributed by atoms with E-state index in [0.717, 1.165) is 17.4 Å². The van der Waals surface area contributed by atoms with Gasteiger partial charge in [-0.2, -0.15) is 9.61 Å². The summed E-state index contributed by atoms with van der Waals surface area (Å²) in [5, 5.41) is 17.9. The van der Waals surface area contributed by atoms with Gasteiger partial charge in [-0.25, -0.2) is 0 Å². The Morgan fingerprint density at radius 1 is 1.29 bits per heavy atom. The van der Waals surface area contributed by atoms with Gasteiger partial charge in [-0.1, -0.05) is 26.0 Å². The highest BCUT2D eigenvalue weighted by Crippen LogP contribution is 2.31. The minimum absolute atomic E-state index is 0.0305. The van der Waals surface area contributed by atoms with Crippen LogP contribution in [0.15, 0.2) is 41.3 Å². The molecule has 1 aliphatic carbocycles. The number of rotatable bonds is 6. The molecule has 3 heterocycles. The molecule has 35 heavy (non-hydrogen) atoms. The smallest absolute Gasteiger partial charge is 0.291 e. The Bertz CT molecular complexity index is 1400. The summed E-state index contributed by atoms with van der Waals surface area (Å²) in [6.45, 7) is 5.07. The Hall–Kier alpha value is -4.08. The van der Waals surface area contributed by atoms with Crippen LogP contribution in [0.2, 0.25) is 0 Å². The van der Waals surface area contributed by atoms with E-state index in [-0.39, 0.29) is 23.4 Å². The lowest BCUT2D eigenvalue weighted by Crippen LogP contribution is -2.36. The van der Waals surface area contributed by atoms with Crippen molar-refractivity contribution in [2.24, 2.45) is 5.92 Å². The average Bonchev–Trinajstić information content (AvgIpc) is 3.55. The number of anilines is 1. The number of aromatic hydroxyl groups is 1. The minimum Gasteiger partial charge on any atom is -0.494 e. The molecule has 2 aromatic heterocycles. The minimum atomic E-state index is -0.705. The summed E-state index contributed by atoms with van der Waals surface area (Å²) in [7, 11) is 0. The first-order valence-corrected chi connectivity index (χ1v) is 11.7. The third-order valence-corrected chi connectivity index (χ3v) is 6.00. The Labute approximate surface area is 201 Å². The number of hydrogen-bond donors (Lipinski definition) is 2. The number of hydrogen-bond acceptors (Lipinski definition) is 6. The average molecular weight is 478 g/mol. The number of aromatic nitrogens is 3. The number of carbonyl (C=O) groups excluding carboxylic acids is 2. The van der Waals surface area contributed by atoms with Gasteiger partial charge in [0.1, 0.15) is 18.0 Å². The maximum Gasteiger partial charge on any atom is 0.291 e. The van der Waals surface area contributed by atoms with Crippen molar-refractivity contribution in [2.75, 3.05) is 18.1 Å². The molecule has 2 N–H and O–H groups in total. The summed E-state index contributed by atoms with van der Waals surface area (Å²) >= 11 is 0. The predicted octanol–water partition coefficient (Wildman–Crippen LogP) is 2.19. The fraction of sp³-hybridized carbons (Fsp3) is 0.360. The largest absolute Gasteiger partial charge is 0.494 e. The summed E-state index contributed by atoms with van der Waals surface area (Å²) in [5.41, 5.74) is 0.444. The van der Waals surface area contributed by atoms with Crippen LogP contribution in [0.5, 0.6) is 11.6 Å². The van der Waals surface area contributed by atoms with Crippen molar-refractivity contribution in [3.63, 3.8) is 0 Å². The zero-order chi connectivity index (χ0) is 24.7. The second kappa shape index (κ2) is 8.94. The van der Waals surface area contributed by atoms with Crippen LogP contribution >= 0.6 is 0 Å². The van der Waals surface area contributed by atoms with Gasteiger partial charge >= 0.3 is 0 Å². The summed E-state index contributed by atoms with van der Waals surface area (Å²) < 4.78 is 8.24. The number of fused-ring (bicyclic) bond motifs is 2. The highest BCUT2D eigenvalue weighted by molar-refractivity contribution is 6.05. The van der Waals surface area contributed by atoms with Gasteiger partial charge in [0, 0.05) is 24.2 Å². The molecule has 10 heteroatoms. The van der Waals surface area contributed by atoms with Crippen molar-refractivity contribution in [1.82, 2.24) is 19.5 Å². The molecule has 1 saturated carbocycles. The third-order valence-electron chi connectivity index (χ3n) is 6.00. The third kappa shape index (κ3) is 4.27. The fourth-order valence-corrected chi connectivity index (χ4v) is 4.20. The van der Waals surface area contributed by atoms with E-state index in [2.05, 4.69) is 10.4 Å². The van der Waals surface area contributed by atoms with E-state index in [1.165, 1.54) is 16.8 Å². The van der Waals surface area contributed by atoms with Gasteiger partial charge < -0.3 is 20.1 Å². The van der Waals surface area contributed by atoms with Crippen LogP contribution in [-0.2, 0) is 11.3 Å². The predicted molar refractivity (Wildman–Crippen MR) is 130 cm³/mol. The first kappa shape index (κ1) is 22.7. The van der Waals surface area contributed by atoms with Gasteiger partial charge in [0.25, 0.3) is 17.4 Å². The molecule has 0 spiro atoms. The second-order valence-corrected chi connectivity index (χ2v) is 9.23.